The first-order valence-corrected chi connectivity index (χ1v) is 8.12. The Balaban J connectivity index is 1.71. The van der Waals surface area contributed by atoms with Gasteiger partial charge in [0.25, 0.3) is 0 Å². The molecule has 6 heteroatoms. The zero-order valence-electron chi connectivity index (χ0n) is 13.7. The van der Waals surface area contributed by atoms with Gasteiger partial charge >= 0.3 is 0 Å². The van der Waals surface area contributed by atoms with Gasteiger partial charge in [-0.25, -0.2) is 0 Å². The van der Waals surface area contributed by atoms with Crippen LogP contribution >= 0.6 is 0 Å². The highest BCUT2D eigenvalue weighted by atomic mass is 16.5. The number of nitrogens with zero attached hydrogens (tertiary/aromatic N) is 3. The summed E-state index contributed by atoms with van der Waals surface area (Å²) in [5.41, 5.74) is 0.663. The van der Waals surface area contributed by atoms with Crippen LogP contribution in [0.1, 0.15) is 29.7 Å². The largest absolute Gasteiger partial charge is 0.377 e. The Hall–Kier alpha value is -2.47. The Morgan fingerprint density at radius 1 is 1.29 bits per heavy atom. The molecule has 2 aromatic rings. The number of amides is 1. The van der Waals surface area contributed by atoms with E-state index in [2.05, 4.69) is 5.10 Å². The maximum absolute atomic E-state index is 12.8. The first-order chi connectivity index (χ1) is 11.7. The maximum Gasteiger partial charge on any atom is 0.247 e. The van der Waals surface area contributed by atoms with Crippen molar-refractivity contribution in [3.8, 4) is 0 Å². The molecular weight excluding hydrogens is 306 g/mol. The Bertz CT molecular complexity index is 685. The normalized spacial score (nSPS) is 19.0. The van der Waals surface area contributed by atoms with Crippen molar-refractivity contribution in [2.75, 3.05) is 19.8 Å². The SMILES string of the molecule is C[C@H](C(=O)N1CCOC[C@@H]1CC(=O)c1ccccc1)n1cccn1. The standard InChI is InChI=1S/C18H21N3O3/c1-14(21-9-5-8-19-21)18(23)20-10-11-24-13-16(20)12-17(22)15-6-3-2-4-7-15/h2-9,14,16H,10-13H2,1H3/t14-,16+/m1/s1. The van der Waals surface area contributed by atoms with Crippen molar-refractivity contribution in [3.05, 3.63) is 54.4 Å². The summed E-state index contributed by atoms with van der Waals surface area (Å²) in [6, 6.07) is 10.3. The summed E-state index contributed by atoms with van der Waals surface area (Å²) >= 11 is 0. The summed E-state index contributed by atoms with van der Waals surface area (Å²) < 4.78 is 7.13. The van der Waals surface area contributed by atoms with Crippen molar-refractivity contribution in [1.29, 1.82) is 0 Å². The minimum Gasteiger partial charge on any atom is -0.377 e. The quantitative estimate of drug-likeness (QED) is 0.787. The number of carbonyl (C=O) groups excluding carboxylic acids is 2. The van der Waals surface area contributed by atoms with E-state index in [1.807, 2.05) is 25.1 Å². The summed E-state index contributed by atoms with van der Waals surface area (Å²) in [5, 5.41) is 4.14. The molecule has 2 atom stereocenters. The lowest BCUT2D eigenvalue weighted by molar-refractivity contribution is -0.143. The van der Waals surface area contributed by atoms with E-state index in [1.54, 1.807) is 40.2 Å². The zero-order valence-corrected chi connectivity index (χ0v) is 13.7. The molecule has 1 aromatic carbocycles. The van der Waals surface area contributed by atoms with Gasteiger partial charge in [-0.2, -0.15) is 5.10 Å². The Morgan fingerprint density at radius 2 is 2.08 bits per heavy atom. The van der Waals surface area contributed by atoms with Gasteiger partial charge in [-0.3, -0.25) is 14.3 Å². The van der Waals surface area contributed by atoms with Gasteiger partial charge < -0.3 is 9.64 Å². The molecule has 0 aliphatic carbocycles. The van der Waals surface area contributed by atoms with E-state index in [0.717, 1.165) is 0 Å². The fourth-order valence-electron chi connectivity index (χ4n) is 2.93. The number of Topliss-reactive ketones (excluding diaryl/α,β-unsaturated/α-hetero) is 1. The molecule has 6 nitrogen and oxygen atoms in total. The smallest absolute Gasteiger partial charge is 0.247 e. The topological polar surface area (TPSA) is 64.4 Å². The molecule has 2 heterocycles. The van der Waals surface area contributed by atoms with Crippen LogP contribution in [-0.2, 0) is 9.53 Å². The molecule has 0 radical (unpaired) electrons. The van der Waals surface area contributed by atoms with Crippen molar-refractivity contribution in [2.24, 2.45) is 0 Å². The molecule has 1 aliphatic rings. The van der Waals surface area contributed by atoms with Gasteiger partial charge in [-0.15, -0.1) is 0 Å². The second-order valence-electron chi connectivity index (χ2n) is 5.92. The third-order valence-corrected chi connectivity index (χ3v) is 4.31. The van der Waals surface area contributed by atoms with Gasteiger partial charge in [0.2, 0.25) is 5.91 Å². The van der Waals surface area contributed by atoms with Crippen molar-refractivity contribution in [2.45, 2.75) is 25.4 Å². The maximum atomic E-state index is 12.8. The highest BCUT2D eigenvalue weighted by molar-refractivity contribution is 5.96. The summed E-state index contributed by atoms with van der Waals surface area (Å²) in [6.07, 6.45) is 3.69. The van der Waals surface area contributed by atoms with Crippen LogP contribution in [0.5, 0.6) is 0 Å². The van der Waals surface area contributed by atoms with Gasteiger partial charge in [0, 0.05) is 30.9 Å². The fourth-order valence-corrected chi connectivity index (χ4v) is 2.93. The summed E-state index contributed by atoms with van der Waals surface area (Å²) in [7, 11) is 0. The number of ether oxygens (including phenoxy) is 1. The van der Waals surface area contributed by atoms with Gasteiger partial charge in [0.05, 0.1) is 19.3 Å². The van der Waals surface area contributed by atoms with E-state index < -0.39 is 6.04 Å². The molecule has 24 heavy (non-hydrogen) atoms. The van der Waals surface area contributed by atoms with E-state index in [-0.39, 0.29) is 24.2 Å². The van der Waals surface area contributed by atoms with Crippen molar-refractivity contribution < 1.29 is 14.3 Å². The minimum atomic E-state index is -0.396. The van der Waals surface area contributed by atoms with E-state index in [4.69, 9.17) is 4.74 Å². The predicted octanol–water partition coefficient (Wildman–Crippen LogP) is 1.94. The molecule has 1 aromatic heterocycles. The Labute approximate surface area is 141 Å². The molecule has 1 fully saturated rings. The molecular formula is C18H21N3O3. The molecule has 1 aliphatic heterocycles. The van der Waals surface area contributed by atoms with E-state index in [1.165, 1.54) is 0 Å². The molecule has 0 unspecified atom stereocenters. The van der Waals surface area contributed by atoms with Gasteiger partial charge in [0.1, 0.15) is 6.04 Å². The average Bonchev–Trinajstić information content (AvgIpc) is 3.16. The molecule has 0 N–H and O–H groups in total. The van der Waals surface area contributed by atoms with Crippen molar-refractivity contribution in [3.63, 3.8) is 0 Å². The third-order valence-electron chi connectivity index (χ3n) is 4.31. The fraction of sp³-hybridized carbons (Fsp3) is 0.389. The summed E-state index contributed by atoms with van der Waals surface area (Å²) in [5.74, 6) is -0.0106. The zero-order chi connectivity index (χ0) is 16.9. The molecule has 126 valence electrons. The minimum absolute atomic E-state index is 0.0237. The Morgan fingerprint density at radius 3 is 2.79 bits per heavy atom. The summed E-state index contributed by atoms with van der Waals surface area (Å²) in [6.45, 7) is 3.20. The van der Waals surface area contributed by atoms with Crippen LogP contribution in [0.3, 0.4) is 0 Å². The van der Waals surface area contributed by atoms with Crippen LogP contribution in [0.4, 0.5) is 0 Å². The number of aromatic nitrogens is 2. The Kier molecular flexibility index (Phi) is 5.05. The molecule has 0 saturated carbocycles. The number of benzene rings is 1. The monoisotopic (exact) mass is 327 g/mol. The van der Waals surface area contributed by atoms with Crippen molar-refractivity contribution in [1.82, 2.24) is 14.7 Å². The second kappa shape index (κ2) is 7.40. The van der Waals surface area contributed by atoms with E-state index in [0.29, 0.717) is 25.3 Å². The van der Waals surface area contributed by atoms with Crippen LogP contribution in [0.15, 0.2) is 48.8 Å². The number of hydrogen-bond donors (Lipinski definition) is 0. The highest BCUT2D eigenvalue weighted by Crippen LogP contribution is 2.18. The molecule has 3 rings (SSSR count). The van der Waals surface area contributed by atoms with Crippen LogP contribution in [0.25, 0.3) is 0 Å². The number of ketones is 1. The number of rotatable bonds is 5. The van der Waals surface area contributed by atoms with E-state index in [9.17, 15) is 9.59 Å². The van der Waals surface area contributed by atoms with Crippen molar-refractivity contribution >= 4 is 11.7 Å². The van der Waals surface area contributed by atoms with Gasteiger partial charge in [0.15, 0.2) is 5.78 Å². The first kappa shape index (κ1) is 16.4. The number of hydrogen-bond acceptors (Lipinski definition) is 4. The van der Waals surface area contributed by atoms with E-state index >= 15 is 0 Å². The van der Waals surface area contributed by atoms with Gasteiger partial charge in [-0.05, 0) is 13.0 Å². The van der Waals surface area contributed by atoms with Crippen LogP contribution in [0.2, 0.25) is 0 Å². The van der Waals surface area contributed by atoms with Crippen LogP contribution in [0, 0.1) is 0 Å². The second-order valence-corrected chi connectivity index (χ2v) is 5.92. The molecule has 0 bridgehead atoms. The third kappa shape index (κ3) is 3.54. The van der Waals surface area contributed by atoms with Crippen LogP contribution < -0.4 is 0 Å². The number of morpholine rings is 1. The molecule has 0 spiro atoms. The number of carbonyl (C=O) groups is 2. The summed E-state index contributed by atoms with van der Waals surface area (Å²) in [4.78, 5) is 27.1. The van der Waals surface area contributed by atoms with Crippen LogP contribution in [-0.4, -0.2) is 52.2 Å². The lowest BCUT2D eigenvalue weighted by atomic mass is 10.0. The van der Waals surface area contributed by atoms with Gasteiger partial charge in [-0.1, -0.05) is 30.3 Å². The first-order valence-electron chi connectivity index (χ1n) is 8.12. The lowest BCUT2D eigenvalue weighted by Crippen LogP contribution is -2.51. The predicted molar refractivity (Wildman–Crippen MR) is 88.6 cm³/mol. The lowest BCUT2D eigenvalue weighted by Gasteiger charge is -2.36. The molecule has 1 saturated heterocycles. The highest BCUT2D eigenvalue weighted by Gasteiger charge is 2.32. The molecule has 1 amide bonds. The average molecular weight is 327 g/mol.